The van der Waals surface area contributed by atoms with E-state index in [1.807, 2.05) is 6.92 Å². The zero-order valence-corrected chi connectivity index (χ0v) is 10.9. The fourth-order valence-corrected chi connectivity index (χ4v) is 1.67. The number of ether oxygens (including phenoxy) is 1. The Hall–Kier alpha value is -0.870. The van der Waals surface area contributed by atoms with Crippen LogP contribution >= 0.6 is 0 Å². The van der Waals surface area contributed by atoms with Gasteiger partial charge in [0.25, 0.3) is 0 Å². The van der Waals surface area contributed by atoms with Crippen LogP contribution in [0.2, 0.25) is 0 Å². The molecule has 2 atom stereocenters. The molecule has 4 heteroatoms. The Labute approximate surface area is 103 Å². The minimum absolute atomic E-state index is 0.112. The predicted molar refractivity (Wildman–Crippen MR) is 68.2 cm³/mol. The Bertz CT molecular complexity index is 297. The van der Waals surface area contributed by atoms with Crippen molar-refractivity contribution in [3.05, 3.63) is 17.4 Å². The second-order valence-electron chi connectivity index (χ2n) is 5.18. The molecule has 0 amide bonds. The van der Waals surface area contributed by atoms with Crippen molar-refractivity contribution in [2.45, 2.75) is 57.8 Å². The third-order valence-electron chi connectivity index (χ3n) is 2.93. The normalized spacial score (nSPS) is 23.8. The molecule has 0 aromatic rings. The highest BCUT2D eigenvalue weighted by Crippen LogP contribution is 2.15. The Kier molecular flexibility index (Phi) is 5.15. The van der Waals surface area contributed by atoms with Gasteiger partial charge in [-0.2, -0.15) is 0 Å². The van der Waals surface area contributed by atoms with Gasteiger partial charge >= 0.3 is 0 Å². The fourth-order valence-electron chi connectivity index (χ4n) is 1.67. The molecule has 0 unspecified atom stereocenters. The molecule has 1 aliphatic rings. The quantitative estimate of drug-likeness (QED) is 0.263. The monoisotopic (exact) mass is 241 g/mol. The standard InChI is InChI=1S/C13H23NO3/c1-11(9-14(16)13(2,3)10-15)17-12-7-5-4-6-8-12/h5,7,9,11-12,15H,4,6,8,10H2,1-3H3/b14-9-/t11-,12-/m0/s1. The highest BCUT2D eigenvalue weighted by molar-refractivity contribution is 5.57. The first-order valence-corrected chi connectivity index (χ1v) is 6.20. The Balaban J connectivity index is 2.52. The van der Waals surface area contributed by atoms with Crippen molar-refractivity contribution in [3.63, 3.8) is 0 Å². The van der Waals surface area contributed by atoms with Gasteiger partial charge in [0.05, 0.1) is 6.10 Å². The van der Waals surface area contributed by atoms with E-state index in [-0.39, 0.29) is 18.8 Å². The Morgan fingerprint density at radius 2 is 2.35 bits per heavy atom. The number of hydrogen-bond acceptors (Lipinski definition) is 3. The van der Waals surface area contributed by atoms with Crippen molar-refractivity contribution >= 4 is 6.21 Å². The van der Waals surface area contributed by atoms with Crippen molar-refractivity contribution in [1.29, 1.82) is 0 Å². The lowest BCUT2D eigenvalue weighted by atomic mass is 10.1. The number of rotatable bonds is 5. The molecule has 0 aromatic carbocycles. The number of hydrogen-bond donors (Lipinski definition) is 1. The summed E-state index contributed by atoms with van der Waals surface area (Å²) in [7, 11) is 0. The van der Waals surface area contributed by atoms with Crippen molar-refractivity contribution in [1.82, 2.24) is 0 Å². The van der Waals surface area contributed by atoms with Crippen LogP contribution in [-0.4, -0.2) is 40.4 Å². The van der Waals surface area contributed by atoms with Gasteiger partial charge in [-0.15, -0.1) is 0 Å². The molecular weight excluding hydrogens is 218 g/mol. The van der Waals surface area contributed by atoms with Crippen molar-refractivity contribution < 1.29 is 14.6 Å². The average Bonchev–Trinajstić information content (AvgIpc) is 2.30. The van der Waals surface area contributed by atoms with Gasteiger partial charge in [0.1, 0.15) is 12.7 Å². The largest absolute Gasteiger partial charge is 0.624 e. The van der Waals surface area contributed by atoms with E-state index in [0.29, 0.717) is 0 Å². The third kappa shape index (κ3) is 4.48. The van der Waals surface area contributed by atoms with E-state index in [1.165, 1.54) is 6.21 Å². The maximum absolute atomic E-state index is 11.8. The minimum Gasteiger partial charge on any atom is -0.624 e. The van der Waals surface area contributed by atoms with E-state index in [1.54, 1.807) is 13.8 Å². The lowest BCUT2D eigenvalue weighted by Gasteiger charge is -2.24. The average molecular weight is 241 g/mol. The molecule has 0 saturated carbocycles. The molecule has 1 rings (SSSR count). The molecule has 0 spiro atoms. The lowest BCUT2D eigenvalue weighted by Crippen LogP contribution is -2.39. The first-order valence-electron chi connectivity index (χ1n) is 6.20. The summed E-state index contributed by atoms with van der Waals surface area (Å²) in [5, 5.41) is 20.8. The Morgan fingerprint density at radius 3 is 2.88 bits per heavy atom. The molecule has 0 saturated heterocycles. The minimum atomic E-state index is -0.792. The number of aliphatic hydroxyl groups excluding tert-OH is 1. The van der Waals surface area contributed by atoms with Crippen LogP contribution in [0.25, 0.3) is 0 Å². The number of hydroxylamine groups is 1. The van der Waals surface area contributed by atoms with Gasteiger partial charge in [0.15, 0.2) is 11.8 Å². The van der Waals surface area contributed by atoms with Crippen molar-refractivity contribution in [2.24, 2.45) is 0 Å². The molecule has 0 radical (unpaired) electrons. The summed E-state index contributed by atoms with van der Waals surface area (Å²) < 4.78 is 6.52. The van der Waals surface area contributed by atoms with E-state index in [0.717, 1.165) is 24.0 Å². The molecule has 0 fully saturated rings. The topological polar surface area (TPSA) is 55.5 Å². The molecule has 98 valence electrons. The van der Waals surface area contributed by atoms with Crippen LogP contribution < -0.4 is 0 Å². The van der Waals surface area contributed by atoms with Crippen LogP contribution in [0.3, 0.4) is 0 Å². The molecule has 0 aromatic heterocycles. The van der Waals surface area contributed by atoms with Gasteiger partial charge in [-0.05, 0) is 26.2 Å². The lowest BCUT2D eigenvalue weighted by molar-refractivity contribution is -0.542. The zero-order valence-electron chi connectivity index (χ0n) is 10.9. The zero-order chi connectivity index (χ0) is 12.9. The SMILES string of the molecule is C[C@@H](/C=[N+](\[O-])C(C)(C)CO)O[C@H]1C=CCCC1. The van der Waals surface area contributed by atoms with Crippen LogP contribution in [-0.2, 0) is 4.74 Å². The summed E-state index contributed by atoms with van der Waals surface area (Å²) in [4.78, 5) is 0. The van der Waals surface area contributed by atoms with E-state index in [9.17, 15) is 5.21 Å². The van der Waals surface area contributed by atoms with E-state index in [4.69, 9.17) is 9.84 Å². The van der Waals surface area contributed by atoms with Gasteiger partial charge < -0.3 is 15.1 Å². The van der Waals surface area contributed by atoms with Gasteiger partial charge in [-0.25, -0.2) is 4.74 Å². The summed E-state index contributed by atoms with van der Waals surface area (Å²) in [5.74, 6) is 0. The summed E-state index contributed by atoms with van der Waals surface area (Å²) in [5.41, 5.74) is -0.792. The maximum Gasteiger partial charge on any atom is 0.189 e. The molecule has 1 aliphatic carbocycles. The van der Waals surface area contributed by atoms with E-state index < -0.39 is 5.54 Å². The van der Waals surface area contributed by atoms with Gasteiger partial charge in [0, 0.05) is 13.8 Å². The molecule has 1 N–H and O–H groups in total. The van der Waals surface area contributed by atoms with Gasteiger partial charge in [-0.1, -0.05) is 12.2 Å². The van der Waals surface area contributed by atoms with Crippen LogP contribution in [0, 0.1) is 5.21 Å². The fraction of sp³-hybridized carbons (Fsp3) is 0.769. The van der Waals surface area contributed by atoms with Crippen LogP contribution in [0.1, 0.15) is 40.0 Å². The molecule has 4 nitrogen and oxygen atoms in total. The van der Waals surface area contributed by atoms with E-state index in [2.05, 4.69) is 12.2 Å². The first kappa shape index (κ1) is 14.2. The molecule has 0 aliphatic heterocycles. The van der Waals surface area contributed by atoms with Crippen molar-refractivity contribution in [3.8, 4) is 0 Å². The molecule has 17 heavy (non-hydrogen) atoms. The highest BCUT2D eigenvalue weighted by atomic mass is 16.5. The predicted octanol–water partition coefficient (Wildman–Crippen LogP) is 1.85. The number of aliphatic hydroxyl groups is 1. The second kappa shape index (κ2) is 6.17. The summed E-state index contributed by atoms with van der Waals surface area (Å²) in [6.07, 6.45) is 8.79. The maximum atomic E-state index is 11.8. The number of allylic oxidation sites excluding steroid dienone is 1. The van der Waals surface area contributed by atoms with Crippen LogP contribution in [0.4, 0.5) is 0 Å². The first-order chi connectivity index (χ1) is 7.95. The smallest absolute Gasteiger partial charge is 0.189 e. The van der Waals surface area contributed by atoms with Crippen LogP contribution in [0.5, 0.6) is 0 Å². The molecular formula is C13H23NO3. The summed E-state index contributed by atoms with van der Waals surface area (Å²) in [6.45, 7) is 5.07. The summed E-state index contributed by atoms with van der Waals surface area (Å²) >= 11 is 0. The second-order valence-corrected chi connectivity index (χ2v) is 5.18. The highest BCUT2D eigenvalue weighted by Gasteiger charge is 2.26. The Morgan fingerprint density at radius 1 is 1.65 bits per heavy atom. The molecule has 0 heterocycles. The summed E-state index contributed by atoms with van der Waals surface area (Å²) in [6, 6.07) is 0. The van der Waals surface area contributed by atoms with Gasteiger partial charge in [0.2, 0.25) is 0 Å². The van der Waals surface area contributed by atoms with Crippen LogP contribution in [0.15, 0.2) is 12.2 Å². The third-order valence-corrected chi connectivity index (χ3v) is 2.93. The van der Waals surface area contributed by atoms with E-state index >= 15 is 0 Å². The number of nitrogens with zero attached hydrogens (tertiary/aromatic N) is 1. The molecule has 0 bridgehead atoms. The van der Waals surface area contributed by atoms with Crippen molar-refractivity contribution in [2.75, 3.05) is 6.61 Å². The van der Waals surface area contributed by atoms with Gasteiger partial charge in [-0.3, -0.25) is 0 Å².